The zero-order valence-electron chi connectivity index (χ0n) is 15.2. The van der Waals surface area contributed by atoms with E-state index in [2.05, 4.69) is 5.32 Å². The van der Waals surface area contributed by atoms with E-state index in [0.29, 0.717) is 11.4 Å². The third kappa shape index (κ3) is 4.46. The molecule has 2 amide bonds. The van der Waals surface area contributed by atoms with E-state index in [9.17, 15) is 18.8 Å². The van der Waals surface area contributed by atoms with E-state index in [-0.39, 0.29) is 31.2 Å². The summed E-state index contributed by atoms with van der Waals surface area (Å²) >= 11 is 0. The van der Waals surface area contributed by atoms with Gasteiger partial charge in [0.05, 0.1) is 24.4 Å². The summed E-state index contributed by atoms with van der Waals surface area (Å²) in [6.07, 6.45) is -1.05. The Kier molecular flexibility index (Phi) is 5.88. The van der Waals surface area contributed by atoms with Crippen LogP contribution in [0.15, 0.2) is 48.5 Å². The average Bonchev–Trinajstić information content (AvgIpc) is 2.82. The molecule has 1 N–H and O–H groups in total. The number of fused-ring (bicyclic) bond motifs is 1. The fourth-order valence-corrected chi connectivity index (χ4v) is 2.71. The number of amides is 2. The van der Waals surface area contributed by atoms with Gasteiger partial charge in [-0.15, -0.1) is 0 Å². The quantitative estimate of drug-likeness (QED) is 0.798. The smallest absolute Gasteiger partial charge is 0.326 e. The number of para-hydroxylation sites is 3. The Morgan fingerprint density at radius 2 is 1.93 bits per heavy atom. The molecule has 0 spiro atoms. The van der Waals surface area contributed by atoms with Crippen LogP contribution >= 0.6 is 0 Å². The van der Waals surface area contributed by atoms with Crippen LogP contribution in [0.3, 0.4) is 0 Å². The highest BCUT2D eigenvalue weighted by Gasteiger charge is 2.27. The lowest BCUT2D eigenvalue weighted by Crippen LogP contribution is -2.39. The van der Waals surface area contributed by atoms with Crippen molar-refractivity contribution < 1.29 is 28.2 Å². The van der Waals surface area contributed by atoms with Crippen molar-refractivity contribution in [2.45, 2.75) is 19.4 Å². The Morgan fingerprint density at radius 1 is 1.21 bits per heavy atom. The van der Waals surface area contributed by atoms with Crippen molar-refractivity contribution in [3.63, 3.8) is 0 Å². The minimum absolute atomic E-state index is 0.0100. The van der Waals surface area contributed by atoms with Crippen molar-refractivity contribution in [3.05, 3.63) is 54.3 Å². The summed E-state index contributed by atoms with van der Waals surface area (Å²) in [6.45, 7) is 1.22. The number of carbonyl (C=O) groups is 3. The van der Waals surface area contributed by atoms with Gasteiger partial charge in [0.2, 0.25) is 5.91 Å². The number of anilines is 2. The number of ether oxygens (including phenoxy) is 2. The van der Waals surface area contributed by atoms with E-state index in [1.54, 1.807) is 30.3 Å². The SMILES string of the molecule is C[C@H](OC(=O)CN1C(=O)CCOc2ccccc21)C(=O)Nc1ccccc1F. The Bertz CT molecular complexity index is 902. The summed E-state index contributed by atoms with van der Waals surface area (Å²) in [5, 5.41) is 2.36. The summed E-state index contributed by atoms with van der Waals surface area (Å²) in [4.78, 5) is 38.1. The predicted molar refractivity (Wildman–Crippen MR) is 99.5 cm³/mol. The van der Waals surface area contributed by atoms with Crippen molar-refractivity contribution in [2.24, 2.45) is 0 Å². The molecule has 0 aromatic heterocycles. The zero-order chi connectivity index (χ0) is 20.1. The van der Waals surface area contributed by atoms with Gasteiger partial charge in [-0.25, -0.2) is 4.39 Å². The number of hydrogen-bond donors (Lipinski definition) is 1. The van der Waals surface area contributed by atoms with Crippen LogP contribution in [-0.2, 0) is 19.1 Å². The lowest BCUT2D eigenvalue weighted by molar-refractivity contribution is -0.152. The van der Waals surface area contributed by atoms with Crippen molar-refractivity contribution in [3.8, 4) is 5.75 Å². The number of rotatable bonds is 5. The van der Waals surface area contributed by atoms with E-state index in [1.165, 1.54) is 30.0 Å². The number of carbonyl (C=O) groups excluding carboxylic acids is 3. The van der Waals surface area contributed by atoms with E-state index in [1.807, 2.05) is 0 Å². The molecule has 2 aromatic rings. The number of halogens is 1. The Labute approximate surface area is 161 Å². The van der Waals surface area contributed by atoms with Gasteiger partial charge in [-0.1, -0.05) is 24.3 Å². The molecule has 2 aromatic carbocycles. The van der Waals surface area contributed by atoms with Gasteiger partial charge in [-0.3, -0.25) is 19.3 Å². The molecule has 0 radical (unpaired) electrons. The molecule has 1 heterocycles. The second-order valence-electron chi connectivity index (χ2n) is 6.15. The van der Waals surface area contributed by atoms with Gasteiger partial charge in [-0.05, 0) is 31.2 Å². The number of benzene rings is 2. The van der Waals surface area contributed by atoms with Crippen molar-refractivity contribution in [2.75, 3.05) is 23.4 Å². The normalized spacial score (nSPS) is 14.4. The Hall–Kier alpha value is -3.42. The van der Waals surface area contributed by atoms with Gasteiger partial charge >= 0.3 is 5.97 Å². The van der Waals surface area contributed by atoms with Crippen LogP contribution in [0.4, 0.5) is 15.8 Å². The molecule has 0 aliphatic carbocycles. The van der Waals surface area contributed by atoms with Crippen LogP contribution in [0.1, 0.15) is 13.3 Å². The van der Waals surface area contributed by atoms with Crippen LogP contribution in [-0.4, -0.2) is 37.0 Å². The molecular weight excluding hydrogens is 367 g/mol. The van der Waals surface area contributed by atoms with Gasteiger partial charge in [-0.2, -0.15) is 0 Å². The second kappa shape index (κ2) is 8.51. The summed E-state index contributed by atoms with van der Waals surface area (Å²) < 4.78 is 24.3. The summed E-state index contributed by atoms with van der Waals surface area (Å²) in [6, 6.07) is 12.5. The van der Waals surface area contributed by atoms with Crippen LogP contribution in [0.2, 0.25) is 0 Å². The first kappa shape index (κ1) is 19.3. The third-order valence-electron chi connectivity index (χ3n) is 4.13. The molecule has 8 heteroatoms. The topological polar surface area (TPSA) is 84.9 Å². The van der Waals surface area contributed by atoms with Crippen LogP contribution in [0, 0.1) is 5.82 Å². The fourth-order valence-electron chi connectivity index (χ4n) is 2.71. The molecular formula is C20H19FN2O5. The molecule has 1 atom stereocenters. The molecule has 0 fully saturated rings. The summed E-state index contributed by atoms with van der Waals surface area (Å²) in [5.41, 5.74) is 0.453. The monoisotopic (exact) mass is 386 g/mol. The standard InChI is InChI=1S/C20H19FN2O5/c1-13(20(26)22-15-7-3-2-6-14(15)21)28-19(25)12-23-16-8-4-5-9-17(16)27-11-10-18(23)24/h2-9,13H,10-12H2,1H3,(H,22,26)/t13-/m0/s1. The van der Waals surface area contributed by atoms with Crippen LogP contribution in [0.5, 0.6) is 5.75 Å². The molecule has 0 saturated carbocycles. The van der Waals surface area contributed by atoms with Gasteiger partial charge < -0.3 is 14.8 Å². The number of nitrogens with one attached hydrogen (secondary N) is 1. The van der Waals surface area contributed by atoms with Crippen molar-refractivity contribution in [1.82, 2.24) is 0 Å². The van der Waals surface area contributed by atoms with Gasteiger partial charge in [0, 0.05) is 0 Å². The zero-order valence-corrected chi connectivity index (χ0v) is 15.2. The Morgan fingerprint density at radius 3 is 2.71 bits per heavy atom. The number of nitrogens with zero attached hydrogens (tertiary/aromatic N) is 1. The minimum atomic E-state index is -1.17. The highest BCUT2D eigenvalue weighted by atomic mass is 19.1. The predicted octanol–water partition coefficient (Wildman–Crippen LogP) is 2.51. The molecule has 1 aliphatic heterocycles. The maximum Gasteiger partial charge on any atom is 0.326 e. The van der Waals surface area contributed by atoms with Crippen LogP contribution < -0.4 is 15.0 Å². The van der Waals surface area contributed by atoms with Gasteiger partial charge in [0.25, 0.3) is 5.91 Å². The highest BCUT2D eigenvalue weighted by molar-refractivity contribution is 6.00. The summed E-state index contributed by atoms with van der Waals surface area (Å²) in [5.74, 6) is -1.83. The summed E-state index contributed by atoms with van der Waals surface area (Å²) in [7, 11) is 0. The first-order valence-corrected chi connectivity index (χ1v) is 8.73. The van der Waals surface area contributed by atoms with Gasteiger partial charge in [0.15, 0.2) is 6.10 Å². The third-order valence-corrected chi connectivity index (χ3v) is 4.13. The van der Waals surface area contributed by atoms with E-state index >= 15 is 0 Å². The maximum absolute atomic E-state index is 13.6. The van der Waals surface area contributed by atoms with Crippen molar-refractivity contribution in [1.29, 1.82) is 0 Å². The highest BCUT2D eigenvalue weighted by Crippen LogP contribution is 2.30. The number of esters is 1. The molecule has 28 heavy (non-hydrogen) atoms. The van der Waals surface area contributed by atoms with Gasteiger partial charge in [0.1, 0.15) is 18.1 Å². The maximum atomic E-state index is 13.6. The molecule has 3 rings (SSSR count). The number of hydrogen-bond acceptors (Lipinski definition) is 5. The van der Waals surface area contributed by atoms with E-state index < -0.39 is 23.8 Å². The lowest BCUT2D eigenvalue weighted by Gasteiger charge is -2.22. The largest absolute Gasteiger partial charge is 0.491 e. The first-order valence-electron chi connectivity index (χ1n) is 8.73. The average molecular weight is 386 g/mol. The molecule has 146 valence electrons. The van der Waals surface area contributed by atoms with Crippen LogP contribution in [0.25, 0.3) is 0 Å². The minimum Gasteiger partial charge on any atom is -0.491 e. The Balaban J connectivity index is 1.64. The van der Waals surface area contributed by atoms with E-state index in [0.717, 1.165) is 0 Å². The second-order valence-corrected chi connectivity index (χ2v) is 6.15. The van der Waals surface area contributed by atoms with E-state index in [4.69, 9.17) is 9.47 Å². The van der Waals surface area contributed by atoms with Crippen molar-refractivity contribution >= 4 is 29.2 Å². The lowest BCUT2D eigenvalue weighted by atomic mass is 10.2. The molecule has 1 aliphatic rings. The molecule has 0 bridgehead atoms. The molecule has 0 saturated heterocycles. The fraction of sp³-hybridized carbons (Fsp3) is 0.250. The first-order chi connectivity index (χ1) is 13.5. The molecule has 0 unspecified atom stereocenters. The molecule has 7 nitrogen and oxygen atoms in total.